The second-order valence-electron chi connectivity index (χ2n) is 2.86. The van der Waals surface area contributed by atoms with Crippen molar-refractivity contribution in [3.8, 4) is 0 Å². The van der Waals surface area contributed by atoms with Crippen molar-refractivity contribution in [2.75, 3.05) is 0 Å². The topological polar surface area (TPSA) is 74.6 Å². The Hall–Kier alpha value is 0.179. The zero-order valence-corrected chi connectivity index (χ0v) is 16.1. The van der Waals surface area contributed by atoms with Crippen molar-refractivity contribution in [1.29, 1.82) is 0 Å². The maximum atomic E-state index is 10.0. The molecule has 0 rings (SSSR count). The number of carbonyl (C=O) groups excluding carboxylic acids is 2. The van der Waals surface area contributed by atoms with Crippen LogP contribution in [0.4, 0.5) is 0 Å². The second-order valence-corrected chi connectivity index (χ2v) is 15.7. The van der Waals surface area contributed by atoms with Gasteiger partial charge in [0.2, 0.25) is 0 Å². The molecule has 98 valence electrons. The molecule has 0 saturated heterocycles. The first-order valence-corrected chi connectivity index (χ1v) is 17.2. The van der Waals surface area contributed by atoms with E-state index in [2.05, 4.69) is 25.4 Å². The summed E-state index contributed by atoms with van der Waals surface area (Å²) >= 11 is 6.32. The minimum absolute atomic E-state index is 0.0625. The summed E-state index contributed by atoms with van der Waals surface area (Å²) in [6.07, 6.45) is 2.33. The Labute approximate surface area is 124 Å². The van der Waals surface area contributed by atoms with Crippen molar-refractivity contribution in [2.24, 2.45) is 0 Å². The molecule has 2 N–H and O–H groups in total. The number of carbonyl (C=O) groups is 2. The summed E-state index contributed by atoms with van der Waals surface area (Å²) in [5.41, 5.74) is 0. The van der Waals surface area contributed by atoms with E-state index in [0.29, 0.717) is 0 Å². The first-order valence-electron chi connectivity index (χ1n) is 4.39. The molecule has 2 radical (unpaired) electrons. The van der Waals surface area contributed by atoms with Crippen LogP contribution in [0.15, 0.2) is 23.7 Å². The molecule has 0 saturated carbocycles. The zero-order valence-electron chi connectivity index (χ0n) is 10.1. The van der Waals surface area contributed by atoms with E-state index in [1.807, 2.05) is 0 Å². The van der Waals surface area contributed by atoms with Gasteiger partial charge in [0.1, 0.15) is 0 Å². The second kappa shape index (κ2) is 16.2. The van der Waals surface area contributed by atoms with Crippen LogP contribution in [-0.2, 0) is 9.59 Å². The van der Waals surface area contributed by atoms with E-state index in [1.54, 1.807) is 0 Å². The molecule has 0 aliphatic rings. The molecular weight excluding hydrogens is 463 g/mol. The summed E-state index contributed by atoms with van der Waals surface area (Å²) in [5.74, 6) is -0.125. The molecule has 0 aromatic carbocycles. The van der Waals surface area contributed by atoms with Crippen molar-refractivity contribution in [2.45, 2.75) is 27.7 Å². The Kier molecular flexibility index (Phi) is 21.3. The molecule has 4 nitrogen and oxygen atoms in total. The van der Waals surface area contributed by atoms with Gasteiger partial charge < -0.3 is 10.2 Å². The normalized spacial score (nSPS) is 10.5. The number of ketones is 2. The van der Waals surface area contributed by atoms with Crippen LogP contribution in [0, 0.1) is 0 Å². The van der Waals surface area contributed by atoms with Gasteiger partial charge in [-0.2, -0.15) is 0 Å². The van der Waals surface area contributed by atoms with Gasteiger partial charge in [0.25, 0.3) is 0 Å². The Balaban J connectivity index is -0.000000188. The van der Waals surface area contributed by atoms with Gasteiger partial charge >= 0.3 is 42.1 Å². The van der Waals surface area contributed by atoms with Crippen LogP contribution >= 0.6 is 25.4 Å². The van der Waals surface area contributed by atoms with Gasteiger partial charge in [-0.15, -0.1) is 0 Å². The standard InChI is InChI=1S/2C5H8O2.2BrH.Sn/c2*1-4(6)3-5(2)7;;;/h2*3,6H,1-2H3;2*1H;/q;;;;+2/p-2. The number of hydrogen-bond acceptors (Lipinski definition) is 4. The molecule has 0 bridgehead atoms. The summed E-state index contributed by atoms with van der Waals surface area (Å²) in [6, 6.07) is 0. The summed E-state index contributed by atoms with van der Waals surface area (Å²) in [4.78, 5) is 20.0. The molecular formula is C10H16Br2O4Sn. The summed E-state index contributed by atoms with van der Waals surface area (Å²) in [7, 11) is 0. The SMILES string of the molecule is CC(=O)C=C(C)O.CC(=O)C=C(C)O.[Br][Sn][Br]. The average Bonchev–Trinajstić information content (AvgIpc) is 1.99. The van der Waals surface area contributed by atoms with Gasteiger partial charge in [-0.05, 0) is 27.7 Å². The third-order valence-electron chi connectivity index (χ3n) is 0.824. The molecule has 17 heavy (non-hydrogen) atoms. The predicted octanol–water partition coefficient (Wildman–Crippen LogP) is 3.38. The van der Waals surface area contributed by atoms with Crippen molar-refractivity contribution in [1.82, 2.24) is 0 Å². The van der Waals surface area contributed by atoms with Crippen LogP contribution in [0.2, 0.25) is 0 Å². The predicted molar refractivity (Wildman–Crippen MR) is 77.7 cm³/mol. The first kappa shape index (κ1) is 22.4. The number of rotatable bonds is 2. The van der Waals surface area contributed by atoms with Crippen LogP contribution in [0.1, 0.15) is 27.7 Å². The third-order valence-corrected chi connectivity index (χ3v) is 0.824. The first-order chi connectivity index (χ1) is 7.67. The fourth-order valence-electron chi connectivity index (χ4n) is 0.588. The monoisotopic (exact) mass is 478 g/mol. The molecule has 0 heterocycles. The van der Waals surface area contributed by atoms with Crippen molar-refractivity contribution >= 4 is 53.7 Å². The van der Waals surface area contributed by atoms with E-state index in [0.717, 1.165) is 0 Å². The molecule has 0 unspecified atom stereocenters. The average molecular weight is 479 g/mol. The molecule has 0 atom stereocenters. The minimum atomic E-state index is -0.145. The van der Waals surface area contributed by atoms with Gasteiger partial charge in [-0.1, -0.05) is 0 Å². The van der Waals surface area contributed by atoms with Crippen molar-refractivity contribution in [3.05, 3.63) is 23.7 Å². The van der Waals surface area contributed by atoms with Gasteiger partial charge in [0.05, 0.1) is 11.5 Å². The molecule has 0 aromatic heterocycles. The van der Waals surface area contributed by atoms with Gasteiger partial charge in [-0.25, -0.2) is 0 Å². The van der Waals surface area contributed by atoms with Crippen LogP contribution in [0.25, 0.3) is 0 Å². The number of aliphatic hydroxyl groups excluding tert-OH is 2. The number of allylic oxidation sites excluding steroid dienone is 4. The summed E-state index contributed by atoms with van der Waals surface area (Å²) in [6.45, 7) is 5.70. The van der Waals surface area contributed by atoms with E-state index in [9.17, 15) is 9.59 Å². The molecule has 0 spiro atoms. The number of aliphatic hydroxyl groups is 2. The van der Waals surface area contributed by atoms with E-state index in [4.69, 9.17) is 10.2 Å². The fourth-order valence-corrected chi connectivity index (χ4v) is 0.588. The zero-order chi connectivity index (χ0) is 14.4. The van der Waals surface area contributed by atoms with Gasteiger partial charge in [0, 0.05) is 12.2 Å². The van der Waals surface area contributed by atoms with E-state index in [1.165, 1.54) is 39.8 Å². The fraction of sp³-hybridized carbons (Fsp3) is 0.400. The quantitative estimate of drug-likeness (QED) is 0.362. The molecule has 0 aliphatic carbocycles. The van der Waals surface area contributed by atoms with Crippen molar-refractivity contribution in [3.63, 3.8) is 0 Å². The molecule has 0 fully saturated rings. The Morgan fingerprint density at radius 3 is 1.06 bits per heavy atom. The van der Waals surface area contributed by atoms with Crippen LogP contribution in [-0.4, -0.2) is 38.5 Å². The van der Waals surface area contributed by atoms with E-state index in [-0.39, 0.29) is 39.8 Å². The molecule has 0 amide bonds. The van der Waals surface area contributed by atoms with Crippen LogP contribution in [0.5, 0.6) is 0 Å². The third kappa shape index (κ3) is 48.6. The molecule has 0 aromatic rings. The van der Waals surface area contributed by atoms with Crippen LogP contribution < -0.4 is 0 Å². The summed E-state index contributed by atoms with van der Waals surface area (Å²) < 4.78 is 0. The van der Waals surface area contributed by atoms with Gasteiger partial charge in [0.15, 0.2) is 11.6 Å². The Bertz CT molecular complexity index is 252. The van der Waals surface area contributed by atoms with Gasteiger partial charge in [-0.3, -0.25) is 9.59 Å². The number of hydrogen-bond donors (Lipinski definition) is 2. The Morgan fingerprint density at radius 2 is 1.06 bits per heavy atom. The van der Waals surface area contributed by atoms with E-state index < -0.39 is 0 Å². The molecule has 7 heteroatoms. The molecule has 0 aliphatic heterocycles. The maximum absolute atomic E-state index is 10.0. The Morgan fingerprint density at radius 1 is 0.882 bits per heavy atom. The van der Waals surface area contributed by atoms with Crippen LogP contribution in [0.3, 0.4) is 0 Å². The number of halogens is 2. The summed E-state index contributed by atoms with van der Waals surface area (Å²) in [5, 5.41) is 16.7. The van der Waals surface area contributed by atoms with E-state index >= 15 is 0 Å². The van der Waals surface area contributed by atoms with Crippen molar-refractivity contribution < 1.29 is 19.8 Å².